The molecule has 0 rings (SSSR count). The zero-order valence-corrected chi connectivity index (χ0v) is 4.64. The van der Waals surface area contributed by atoms with E-state index in [0.29, 0.717) is 0 Å². The van der Waals surface area contributed by atoms with E-state index in [-0.39, 0.29) is 0 Å². The standard InChI is InChI=1S/FH3OSi2/c1-4-2-3/h4H,3H2. The topological polar surface area (TPSA) is 9.23 Å². The van der Waals surface area contributed by atoms with Crippen molar-refractivity contribution in [3.05, 3.63) is 0 Å². The molecule has 0 aliphatic rings. The van der Waals surface area contributed by atoms with Gasteiger partial charge in [0.1, 0.15) is 0 Å². The lowest BCUT2D eigenvalue weighted by atomic mass is 15.8. The van der Waals surface area contributed by atoms with Crippen molar-refractivity contribution < 1.29 is 8.22 Å². The van der Waals surface area contributed by atoms with E-state index >= 15 is 0 Å². The van der Waals surface area contributed by atoms with Crippen LogP contribution >= 0.6 is 0 Å². The Morgan fingerprint density at radius 3 is 2.25 bits per heavy atom. The molecule has 0 aromatic heterocycles. The van der Waals surface area contributed by atoms with Gasteiger partial charge in [-0.1, -0.05) is 0 Å². The van der Waals surface area contributed by atoms with Crippen LogP contribution in [0.5, 0.6) is 0 Å². The Hall–Kier alpha value is 0.324. The Labute approximate surface area is 29.8 Å². The van der Waals surface area contributed by atoms with Crippen molar-refractivity contribution >= 4 is 20.6 Å². The van der Waals surface area contributed by atoms with Crippen LogP contribution in [0.3, 0.4) is 0 Å². The van der Waals surface area contributed by atoms with Crippen LogP contribution in [0.2, 0.25) is 0 Å². The summed E-state index contributed by atoms with van der Waals surface area (Å²) in [6.45, 7) is 0. The molecule has 0 N–H and O–H groups in total. The molecule has 0 aliphatic carbocycles. The second-order valence-corrected chi connectivity index (χ2v) is 1.77. The lowest BCUT2D eigenvalue weighted by molar-refractivity contribution is 0.585. The van der Waals surface area contributed by atoms with Crippen molar-refractivity contribution in [1.29, 1.82) is 0 Å². The molecule has 0 bridgehead atoms. The molecule has 0 aliphatic heterocycles. The third-order valence-electron chi connectivity index (χ3n) is 0.0630. The monoisotopic (exact) mass is 94.0 g/mol. The quantitative estimate of drug-likeness (QED) is 0.292. The number of rotatable bonds is 1. The lowest BCUT2D eigenvalue weighted by Gasteiger charge is -1.70. The number of halogens is 1. The van der Waals surface area contributed by atoms with Crippen molar-refractivity contribution in [3.63, 3.8) is 0 Å². The van der Waals surface area contributed by atoms with Crippen LogP contribution in [-0.2, 0) is 4.12 Å². The highest BCUT2D eigenvalue weighted by Crippen LogP contribution is 1.50. The van der Waals surface area contributed by atoms with Gasteiger partial charge in [-0.15, -0.1) is 0 Å². The van der Waals surface area contributed by atoms with E-state index < -0.39 is 10.1 Å². The fraction of sp³-hybridized carbons (Fsp3) is 0. The molecule has 1 nitrogen and oxygen atoms in total. The molecule has 0 spiro atoms. The Balaban J connectivity index is 1.97. The minimum atomic E-state index is -1.21. The predicted molar refractivity (Wildman–Crippen MR) is 17.9 cm³/mol. The summed E-state index contributed by atoms with van der Waals surface area (Å²) >= 11 is 0. The summed E-state index contributed by atoms with van der Waals surface area (Å²) in [5.41, 5.74) is 0. The number of hydrogen-bond donors (Lipinski definition) is 0. The zero-order chi connectivity index (χ0) is 3.41. The van der Waals surface area contributed by atoms with Crippen molar-refractivity contribution in [2.45, 2.75) is 0 Å². The molecule has 0 aromatic carbocycles. The average molecular weight is 94.2 g/mol. The van der Waals surface area contributed by atoms with Gasteiger partial charge in [0.2, 0.25) is 0 Å². The van der Waals surface area contributed by atoms with E-state index in [1.165, 1.54) is 10.5 Å². The third-order valence-corrected chi connectivity index (χ3v) is 0.567. The van der Waals surface area contributed by atoms with Gasteiger partial charge in [-0.05, 0) is 0 Å². The molecule has 0 atom stereocenters. The fourth-order valence-corrected chi connectivity index (χ4v) is 0. The van der Waals surface area contributed by atoms with E-state index in [2.05, 4.69) is 4.12 Å². The molecule has 24 valence electrons. The molecule has 4 heteroatoms. The van der Waals surface area contributed by atoms with E-state index in [9.17, 15) is 4.11 Å². The van der Waals surface area contributed by atoms with Crippen LogP contribution in [0.1, 0.15) is 0 Å². The zero-order valence-electron chi connectivity index (χ0n) is 2.07. The average Bonchev–Trinajstić information content (AvgIpc) is 1.37. The van der Waals surface area contributed by atoms with Crippen LogP contribution in [-0.4, -0.2) is 20.6 Å². The van der Waals surface area contributed by atoms with Crippen molar-refractivity contribution in [3.8, 4) is 0 Å². The van der Waals surface area contributed by atoms with Crippen LogP contribution in [0.25, 0.3) is 0 Å². The molecular weight excluding hydrogens is 91.2 g/mol. The van der Waals surface area contributed by atoms with Crippen LogP contribution in [0.15, 0.2) is 0 Å². The van der Waals surface area contributed by atoms with Crippen molar-refractivity contribution in [2.75, 3.05) is 0 Å². The summed E-state index contributed by atoms with van der Waals surface area (Å²) in [4.78, 5) is 0. The van der Waals surface area contributed by atoms with Gasteiger partial charge in [0.05, 0.1) is 0 Å². The summed E-state index contributed by atoms with van der Waals surface area (Å²) < 4.78 is 14.6. The molecule has 0 heterocycles. The lowest BCUT2D eigenvalue weighted by Crippen LogP contribution is -1.80. The molecule has 0 aromatic rings. The van der Waals surface area contributed by atoms with Gasteiger partial charge in [0.25, 0.3) is 0 Å². The van der Waals surface area contributed by atoms with Crippen molar-refractivity contribution in [1.82, 2.24) is 0 Å². The molecular formula is H3FOSi2. The Kier molecular flexibility index (Phi) is 3.59. The highest BCUT2D eigenvalue weighted by molar-refractivity contribution is 6.26. The van der Waals surface area contributed by atoms with Gasteiger partial charge in [0, 0.05) is 0 Å². The maximum atomic E-state index is 10.6. The third kappa shape index (κ3) is 2.32. The maximum Gasteiger partial charge on any atom is 0.404 e. The summed E-state index contributed by atoms with van der Waals surface area (Å²) in [7, 11) is -0.0208. The van der Waals surface area contributed by atoms with Gasteiger partial charge in [-0.3, -0.25) is 4.11 Å². The Morgan fingerprint density at radius 2 is 2.25 bits per heavy atom. The summed E-state index contributed by atoms with van der Waals surface area (Å²) in [5.74, 6) is 0. The first-order valence-corrected chi connectivity index (χ1v) is 2.23. The van der Waals surface area contributed by atoms with Crippen molar-refractivity contribution in [2.24, 2.45) is 0 Å². The maximum absolute atomic E-state index is 10.6. The van der Waals surface area contributed by atoms with Gasteiger partial charge < -0.3 is 4.12 Å². The summed E-state index contributed by atoms with van der Waals surface area (Å²) in [5, 5.41) is 0. The molecule has 0 fully saturated rings. The van der Waals surface area contributed by atoms with E-state index in [1.54, 1.807) is 0 Å². The molecule has 4 heavy (non-hydrogen) atoms. The van der Waals surface area contributed by atoms with E-state index in [0.717, 1.165) is 0 Å². The molecule has 0 saturated heterocycles. The van der Waals surface area contributed by atoms with Crippen LogP contribution < -0.4 is 0 Å². The Morgan fingerprint density at radius 1 is 2.00 bits per heavy atom. The normalized spacial score (nSPS) is 7.50. The number of hydrogen-bond acceptors (Lipinski definition) is 1. The minimum absolute atomic E-state index is 1.18. The minimum Gasteiger partial charge on any atom is -0.440 e. The van der Waals surface area contributed by atoms with Gasteiger partial charge in [-0.25, -0.2) is 0 Å². The fourth-order valence-electron chi connectivity index (χ4n) is 0. The van der Waals surface area contributed by atoms with Crippen LogP contribution in [0.4, 0.5) is 4.11 Å². The SMILES string of the molecule is F[SiH]O[SiH2]. The summed E-state index contributed by atoms with van der Waals surface area (Å²) in [6, 6.07) is 0. The van der Waals surface area contributed by atoms with Gasteiger partial charge >= 0.3 is 10.1 Å². The van der Waals surface area contributed by atoms with Crippen LogP contribution in [0, 0.1) is 0 Å². The second-order valence-electron chi connectivity index (χ2n) is 0.256. The Bertz CT molecular complexity index is 8.00. The largest absolute Gasteiger partial charge is 0.440 e. The van der Waals surface area contributed by atoms with E-state index in [1.807, 2.05) is 0 Å². The van der Waals surface area contributed by atoms with Gasteiger partial charge in [0.15, 0.2) is 10.5 Å². The van der Waals surface area contributed by atoms with Gasteiger partial charge in [-0.2, -0.15) is 0 Å². The smallest absolute Gasteiger partial charge is 0.404 e. The van der Waals surface area contributed by atoms with E-state index in [4.69, 9.17) is 0 Å². The molecule has 0 saturated carbocycles. The second kappa shape index (κ2) is 3.32. The highest BCUT2D eigenvalue weighted by atomic mass is 28.3. The highest BCUT2D eigenvalue weighted by Gasteiger charge is 1.64. The molecule has 2 radical (unpaired) electrons. The first-order chi connectivity index (χ1) is 1.91. The predicted octanol–water partition coefficient (Wildman–Crippen LogP) is -1.21. The first-order valence-electron chi connectivity index (χ1n) is 0.743. The first kappa shape index (κ1) is 4.32. The molecule has 0 amide bonds. The molecule has 0 unspecified atom stereocenters. The summed E-state index contributed by atoms with van der Waals surface area (Å²) in [6.07, 6.45) is 0.